The molecule has 2 atom stereocenters. The van der Waals surface area contributed by atoms with Gasteiger partial charge >= 0.3 is 6.03 Å². The zero-order valence-electron chi connectivity index (χ0n) is 20.1. The second kappa shape index (κ2) is 15.4. The van der Waals surface area contributed by atoms with Crippen molar-refractivity contribution in [3.63, 3.8) is 0 Å². The summed E-state index contributed by atoms with van der Waals surface area (Å²) in [6, 6.07) is -2.28. The zero-order valence-corrected chi connectivity index (χ0v) is 23.3. The highest BCUT2D eigenvalue weighted by molar-refractivity contribution is 9.09. The molecule has 190 valence electrons. The van der Waals surface area contributed by atoms with Crippen molar-refractivity contribution in [3.8, 4) is 0 Å². The van der Waals surface area contributed by atoms with Crippen molar-refractivity contribution in [2.24, 2.45) is 23.0 Å². The van der Waals surface area contributed by atoms with Crippen LogP contribution in [-0.4, -0.2) is 58.7 Å². The summed E-state index contributed by atoms with van der Waals surface area (Å²) in [5.41, 5.74) is 4.37. The minimum atomic E-state index is -0.852. The van der Waals surface area contributed by atoms with E-state index >= 15 is 0 Å². The van der Waals surface area contributed by atoms with Crippen LogP contribution in [-0.2, 0) is 19.2 Å². The third kappa shape index (κ3) is 12.5. The molecule has 0 aliphatic carbocycles. The van der Waals surface area contributed by atoms with Gasteiger partial charge in [0.1, 0.15) is 11.8 Å². The number of nitrogens with one attached hydrogen (secondary N) is 3. The summed E-state index contributed by atoms with van der Waals surface area (Å²) in [5.74, 6) is -1.49. The molecule has 0 spiro atoms. The topological polar surface area (TPSA) is 147 Å². The van der Waals surface area contributed by atoms with Crippen LogP contribution in [0.4, 0.5) is 4.79 Å². The lowest BCUT2D eigenvalue weighted by molar-refractivity contribution is -0.135. The lowest BCUT2D eigenvalue weighted by Crippen LogP contribution is -2.55. The van der Waals surface area contributed by atoms with Gasteiger partial charge in [0.15, 0.2) is 5.78 Å². The molecule has 33 heavy (non-hydrogen) atoms. The largest absolute Gasteiger partial charge is 0.352 e. The molecule has 0 aromatic rings. The Morgan fingerprint density at radius 1 is 0.939 bits per heavy atom. The Kier molecular flexibility index (Phi) is 14.7. The van der Waals surface area contributed by atoms with Gasteiger partial charge in [-0.05, 0) is 18.8 Å². The molecule has 4 amide bonds. The number of nitrogens with two attached hydrogens (primary N) is 1. The van der Waals surface area contributed by atoms with Crippen LogP contribution in [0.2, 0.25) is 0 Å². The van der Waals surface area contributed by atoms with Gasteiger partial charge in [-0.2, -0.15) is 0 Å². The van der Waals surface area contributed by atoms with E-state index in [2.05, 4.69) is 47.8 Å². The zero-order chi connectivity index (χ0) is 25.8. The van der Waals surface area contributed by atoms with E-state index in [1.807, 2.05) is 0 Å². The predicted molar refractivity (Wildman–Crippen MR) is 135 cm³/mol. The molecule has 0 aliphatic heterocycles. The van der Waals surface area contributed by atoms with Crippen molar-refractivity contribution in [1.82, 2.24) is 16.0 Å². The van der Waals surface area contributed by atoms with Crippen LogP contribution in [0.5, 0.6) is 0 Å². The lowest BCUT2D eigenvalue weighted by Gasteiger charge is -2.28. The number of hydrogen-bond donors (Lipinski definition) is 4. The summed E-state index contributed by atoms with van der Waals surface area (Å²) >= 11 is 6.56. The Morgan fingerprint density at radius 3 is 1.97 bits per heavy atom. The van der Waals surface area contributed by atoms with Crippen LogP contribution >= 0.6 is 31.9 Å². The first-order valence-corrected chi connectivity index (χ1v) is 13.3. The monoisotopic (exact) mass is 596 g/mol. The Balaban J connectivity index is 5.16. The minimum absolute atomic E-state index is 0.0189. The number of alkyl halides is 2. The van der Waals surface area contributed by atoms with Gasteiger partial charge < -0.3 is 21.7 Å². The first-order valence-electron chi connectivity index (χ1n) is 11.1. The molecule has 11 heteroatoms. The van der Waals surface area contributed by atoms with Crippen molar-refractivity contribution in [2.75, 3.05) is 17.2 Å². The van der Waals surface area contributed by atoms with E-state index in [0.29, 0.717) is 23.5 Å². The van der Waals surface area contributed by atoms with Crippen molar-refractivity contribution in [3.05, 3.63) is 0 Å². The highest BCUT2D eigenvalue weighted by atomic mass is 79.9. The third-order valence-corrected chi connectivity index (χ3v) is 6.60. The normalized spacial score (nSPS) is 13.4. The van der Waals surface area contributed by atoms with Gasteiger partial charge in [0.05, 0.1) is 6.04 Å². The molecule has 0 rings (SSSR count). The van der Waals surface area contributed by atoms with E-state index in [1.54, 1.807) is 34.6 Å². The maximum absolute atomic E-state index is 13.0. The molecular weight excluding hydrogens is 560 g/mol. The van der Waals surface area contributed by atoms with E-state index in [9.17, 15) is 24.0 Å². The first kappa shape index (κ1) is 31.5. The number of rotatable bonds is 15. The van der Waals surface area contributed by atoms with Crippen LogP contribution in [0.25, 0.3) is 0 Å². The number of hydrogen-bond acceptors (Lipinski definition) is 5. The molecule has 0 fully saturated rings. The molecule has 0 unspecified atom stereocenters. The summed E-state index contributed by atoms with van der Waals surface area (Å²) in [6.07, 6.45) is 0.821. The van der Waals surface area contributed by atoms with E-state index in [0.717, 1.165) is 0 Å². The number of Topliss-reactive ketones (excluding diaryl/α,β-unsaturated/α-hetero) is 2. The molecule has 9 nitrogen and oxygen atoms in total. The van der Waals surface area contributed by atoms with Crippen LogP contribution in [0, 0.1) is 17.3 Å². The summed E-state index contributed by atoms with van der Waals surface area (Å²) in [5, 5.41) is 8.95. The van der Waals surface area contributed by atoms with E-state index in [-0.39, 0.29) is 42.8 Å². The molecule has 0 aromatic heterocycles. The van der Waals surface area contributed by atoms with E-state index in [1.165, 1.54) is 0 Å². The number of ketones is 2. The van der Waals surface area contributed by atoms with Crippen molar-refractivity contribution < 1.29 is 24.0 Å². The number of amides is 4. The van der Waals surface area contributed by atoms with Gasteiger partial charge in [0.25, 0.3) is 0 Å². The lowest BCUT2D eigenvalue weighted by atomic mass is 9.84. The third-order valence-electron chi connectivity index (χ3n) is 5.03. The quantitative estimate of drug-likeness (QED) is 0.169. The van der Waals surface area contributed by atoms with Gasteiger partial charge in [-0.25, -0.2) is 4.79 Å². The predicted octanol–water partition coefficient (Wildman–Crippen LogP) is 2.43. The highest BCUT2D eigenvalue weighted by Crippen LogP contribution is 2.19. The van der Waals surface area contributed by atoms with Crippen LogP contribution in [0.3, 0.4) is 0 Å². The Hall–Kier alpha value is -1.49. The van der Waals surface area contributed by atoms with Gasteiger partial charge in [-0.15, -0.1) is 0 Å². The van der Waals surface area contributed by atoms with Crippen LogP contribution in [0.15, 0.2) is 0 Å². The number of primary amides is 1. The second-order valence-corrected chi connectivity index (χ2v) is 10.7. The maximum atomic E-state index is 13.0. The van der Waals surface area contributed by atoms with Crippen molar-refractivity contribution in [2.45, 2.75) is 72.4 Å². The van der Waals surface area contributed by atoms with Gasteiger partial charge in [0.2, 0.25) is 11.8 Å². The average molecular weight is 598 g/mol. The summed E-state index contributed by atoms with van der Waals surface area (Å²) < 4.78 is 0. The minimum Gasteiger partial charge on any atom is -0.352 e. The number of urea groups is 1. The molecular formula is C22H38Br2N4O5. The maximum Gasteiger partial charge on any atom is 0.312 e. The Morgan fingerprint density at radius 2 is 1.52 bits per heavy atom. The summed E-state index contributed by atoms with van der Waals surface area (Å²) in [7, 11) is 0. The van der Waals surface area contributed by atoms with E-state index in [4.69, 9.17) is 5.73 Å². The van der Waals surface area contributed by atoms with E-state index < -0.39 is 35.3 Å². The Labute approximate surface area is 213 Å². The molecule has 0 saturated heterocycles. The molecule has 5 N–H and O–H groups in total. The number of carbonyl (C=O) groups is 5. The summed E-state index contributed by atoms with van der Waals surface area (Å²) in [6.45, 7) is 9.16. The first-order chi connectivity index (χ1) is 15.2. The molecule has 0 bridgehead atoms. The molecule has 0 aliphatic rings. The van der Waals surface area contributed by atoms with Gasteiger partial charge in [0, 0.05) is 41.4 Å². The highest BCUT2D eigenvalue weighted by Gasteiger charge is 2.33. The van der Waals surface area contributed by atoms with Crippen molar-refractivity contribution >= 4 is 61.3 Å². The molecule has 0 saturated carbocycles. The number of halogens is 2. The second-order valence-electron chi connectivity index (χ2n) is 9.37. The molecule has 0 radical (unpaired) electrons. The van der Waals surface area contributed by atoms with Gasteiger partial charge in [-0.3, -0.25) is 19.2 Å². The fourth-order valence-corrected chi connectivity index (χ4v) is 4.80. The van der Waals surface area contributed by atoms with Crippen molar-refractivity contribution in [1.29, 1.82) is 0 Å². The fourth-order valence-electron chi connectivity index (χ4n) is 3.01. The molecule has 0 aromatic carbocycles. The number of carbonyl (C=O) groups excluding carboxylic acids is 5. The molecule has 0 heterocycles. The summed E-state index contributed by atoms with van der Waals surface area (Å²) in [4.78, 5) is 61.3. The van der Waals surface area contributed by atoms with Gasteiger partial charge in [-0.1, -0.05) is 66.5 Å². The fraction of sp³-hybridized carbons (Fsp3) is 0.773. The smallest absolute Gasteiger partial charge is 0.312 e. The Bertz CT molecular complexity index is 691. The average Bonchev–Trinajstić information content (AvgIpc) is 2.71. The van der Waals surface area contributed by atoms with Crippen LogP contribution in [0.1, 0.15) is 60.3 Å². The SMILES string of the molecule is CC(C)[C@H](NC(=O)CCC(=O)C(CBr)CBr)C(=O)N[C@@H](CCCNC(N)=O)C(=O)C(C)(C)C. The van der Waals surface area contributed by atoms with Crippen LogP contribution < -0.4 is 21.7 Å². The standard InChI is InChI=1S/C22H38Br2N4O5/c1-13(2)18(28-17(30)9-8-16(29)14(11-23)12-24)20(32)27-15(19(31)22(3,4)5)7-6-10-26-21(25)33/h13-15,18H,6-12H2,1-5H3,(H,27,32)(H,28,30)(H3,25,26,33)/t15-,18-/m0/s1.